The highest BCUT2D eigenvalue weighted by molar-refractivity contribution is 6.32. The van der Waals surface area contributed by atoms with Gasteiger partial charge in [0.25, 0.3) is 0 Å². The molecule has 0 radical (unpaired) electrons. The van der Waals surface area contributed by atoms with Crippen molar-refractivity contribution >= 4 is 17.3 Å². The molecule has 0 saturated heterocycles. The molecule has 112 valence electrons. The fourth-order valence-electron chi connectivity index (χ4n) is 1.87. The summed E-state index contributed by atoms with van der Waals surface area (Å²) in [4.78, 5) is 0. The molecule has 21 heavy (non-hydrogen) atoms. The predicted molar refractivity (Wildman–Crippen MR) is 77.8 cm³/mol. The second-order valence-electron chi connectivity index (χ2n) is 4.41. The summed E-state index contributed by atoms with van der Waals surface area (Å²) in [6, 6.07) is 7.96. The lowest BCUT2D eigenvalue weighted by Gasteiger charge is -2.14. The van der Waals surface area contributed by atoms with E-state index in [1.54, 1.807) is 18.2 Å². The van der Waals surface area contributed by atoms with Crippen LogP contribution in [0, 0.1) is 11.6 Å². The van der Waals surface area contributed by atoms with Gasteiger partial charge in [-0.1, -0.05) is 11.6 Å². The summed E-state index contributed by atoms with van der Waals surface area (Å²) in [5.74, 6) is -0.727. The molecule has 6 heteroatoms. The average Bonchev–Trinajstić information content (AvgIpc) is 2.47. The first-order chi connectivity index (χ1) is 10.0. The Morgan fingerprint density at radius 3 is 2.67 bits per heavy atom. The van der Waals surface area contributed by atoms with Gasteiger partial charge in [0, 0.05) is 17.8 Å². The number of hydrogen-bond donors (Lipinski definition) is 2. The SMILES string of the molecule is COc1ccc(NCC(O)c2cc(F)ccc2F)cc1Cl. The van der Waals surface area contributed by atoms with Crippen LogP contribution in [0.5, 0.6) is 5.75 Å². The number of methoxy groups -OCH3 is 1. The van der Waals surface area contributed by atoms with Gasteiger partial charge in [-0.25, -0.2) is 8.78 Å². The summed E-state index contributed by atoms with van der Waals surface area (Å²) in [6.45, 7) is 0.0169. The fraction of sp³-hybridized carbons (Fsp3) is 0.200. The third kappa shape index (κ3) is 3.83. The summed E-state index contributed by atoms with van der Waals surface area (Å²) in [6.07, 6.45) is -1.18. The van der Waals surface area contributed by atoms with E-state index in [2.05, 4.69) is 5.32 Å². The van der Waals surface area contributed by atoms with E-state index in [0.717, 1.165) is 18.2 Å². The van der Waals surface area contributed by atoms with Gasteiger partial charge in [0.05, 0.1) is 18.2 Å². The summed E-state index contributed by atoms with van der Waals surface area (Å²) in [7, 11) is 1.50. The minimum atomic E-state index is -1.18. The minimum absolute atomic E-state index is 0.0169. The summed E-state index contributed by atoms with van der Waals surface area (Å²) < 4.78 is 31.6. The van der Waals surface area contributed by atoms with Crippen LogP contribution in [0.2, 0.25) is 5.02 Å². The van der Waals surface area contributed by atoms with Crippen molar-refractivity contribution in [2.24, 2.45) is 0 Å². The number of aliphatic hydroxyl groups is 1. The maximum atomic E-state index is 13.5. The van der Waals surface area contributed by atoms with Gasteiger partial charge in [0.15, 0.2) is 0 Å². The first kappa shape index (κ1) is 15.5. The molecule has 0 amide bonds. The Morgan fingerprint density at radius 2 is 2.00 bits per heavy atom. The maximum absolute atomic E-state index is 13.5. The molecule has 2 aromatic carbocycles. The first-order valence-electron chi connectivity index (χ1n) is 6.21. The lowest BCUT2D eigenvalue weighted by atomic mass is 10.1. The zero-order valence-electron chi connectivity index (χ0n) is 11.2. The van der Waals surface area contributed by atoms with E-state index in [4.69, 9.17) is 16.3 Å². The van der Waals surface area contributed by atoms with E-state index in [0.29, 0.717) is 16.5 Å². The lowest BCUT2D eigenvalue weighted by molar-refractivity contribution is 0.186. The Balaban J connectivity index is 2.05. The molecule has 0 bridgehead atoms. The average molecular weight is 314 g/mol. The van der Waals surface area contributed by atoms with Crippen molar-refractivity contribution < 1.29 is 18.6 Å². The van der Waals surface area contributed by atoms with Gasteiger partial charge in [-0.2, -0.15) is 0 Å². The lowest BCUT2D eigenvalue weighted by Crippen LogP contribution is -2.13. The van der Waals surface area contributed by atoms with Crippen molar-refractivity contribution in [3.63, 3.8) is 0 Å². The van der Waals surface area contributed by atoms with Crippen LogP contribution in [-0.4, -0.2) is 18.8 Å². The molecule has 1 unspecified atom stereocenters. The Kier molecular flexibility index (Phi) is 4.98. The number of ether oxygens (including phenoxy) is 1. The third-order valence-corrected chi connectivity index (χ3v) is 3.26. The Labute approximate surface area is 126 Å². The van der Waals surface area contributed by atoms with Crippen LogP contribution in [0.25, 0.3) is 0 Å². The van der Waals surface area contributed by atoms with Crippen molar-refractivity contribution in [2.45, 2.75) is 6.10 Å². The van der Waals surface area contributed by atoms with Crippen molar-refractivity contribution in [3.05, 3.63) is 58.6 Å². The zero-order valence-corrected chi connectivity index (χ0v) is 12.0. The van der Waals surface area contributed by atoms with Crippen molar-refractivity contribution in [2.75, 3.05) is 19.0 Å². The molecule has 1 atom stereocenters. The van der Waals surface area contributed by atoms with Crippen LogP contribution >= 0.6 is 11.6 Å². The Bertz CT molecular complexity index is 637. The van der Waals surface area contributed by atoms with Crippen LogP contribution in [-0.2, 0) is 0 Å². The van der Waals surface area contributed by atoms with E-state index in [1.165, 1.54) is 7.11 Å². The molecule has 3 nitrogen and oxygen atoms in total. The molecule has 2 N–H and O–H groups in total. The summed E-state index contributed by atoms with van der Waals surface area (Å²) in [5, 5.41) is 13.2. The van der Waals surface area contributed by atoms with Crippen molar-refractivity contribution in [1.29, 1.82) is 0 Å². The van der Waals surface area contributed by atoms with E-state index in [1.807, 2.05) is 0 Å². The van der Waals surface area contributed by atoms with Crippen molar-refractivity contribution in [3.8, 4) is 5.75 Å². The second-order valence-corrected chi connectivity index (χ2v) is 4.82. The molecule has 0 heterocycles. The van der Waals surface area contributed by atoms with Gasteiger partial charge in [-0.3, -0.25) is 0 Å². The van der Waals surface area contributed by atoms with E-state index in [9.17, 15) is 13.9 Å². The van der Waals surface area contributed by atoms with Crippen LogP contribution in [0.3, 0.4) is 0 Å². The number of rotatable bonds is 5. The Morgan fingerprint density at radius 1 is 1.24 bits per heavy atom. The van der Waals surface area contributed by atoms with Crippen LogP contribution < -0.4 is 10.1 Å². The smallest absolute Gasteiger partial charge is 0.137 e. The summed E-state index contributed by atoms with van der Waals surface area (Å²) in [5.41, 5.74) is 0.541. The molecule has 0 fully saturated rings. The Hall–Kier alpha value is -1.85. The second kappa shape index (κ2) is 6.74. The van der Waals surface area contributed by atoms with Crippen LogP contribution in [0.4, 0.5) is 14.5 Å². The largest absolute Gasteiger partial charge is 0.495 e. The van der Waals surface area contributed by atoms with Gasteiger partial charge in [0.1, 0.15) is 17.4 Å². The molecule has 2 aromatic rings. The van der Waals surface area contributed by atoms with Gasteiger partial charge in [0.2, 0.25) is 0 Å². The highest BCUT2D eigenvalue weighted by Gasteiger charge is 2.14. The van der Waals surface area contributed by atoms with E-state index in [-0.39, 0.29) is 12.1 Å². The quantitative estimate of drug-likeness (QED) is 0.883. The van der Waals surface area contributed by atoms with Gasteiger partial charge in [-0.05, 0) is 36.4 Å². The van der Waals surface area contributed by atoms with E-state index < -0.39 is 17.7 Å². The number of hydrogen-bond acceptors (Lipinski definition) is 3. The zero-order chi connectivity index (χ0) is 15.4. The molecule has 0 aliphatic heterocycles. The normalized spacial score (nSPS) is 12.0. The molecule has 2 rings (SSSR count). The highest BCUT2D eigenvalue weighted by atomic mass is 35.5. The molecular weight excluding hydrogens is 300 g/mol. The predicted octanol–water partition coefficient (Wildman–Crippen LogP) is 3.77. The molecule has 0 aromatic heterocycles. The van der Waals surface area contributed by atoms with Crippen LogP contribution in [0.1, 0.15) is 11.7 Å². The third-order valence-electron chi connectivity index (χ3n) is 2.97. The molecule has 0 aliphatic rings. The number of anilines is 1. The number of nitrogens with one attached hydrogen (secondary N) is 1. The standard InChI is InChI=1S/C15H14ClF2NO2/c1-21-15-5-3-10(7-12(15)16)19-8-14(20)11-6-9(17)2-4-13(11)18/h2-7,14,19-20H,8H2,1H3. The molecule has 0 saturated carbocycles. The van der Waals surface area contributed by atoms with Gasteiger partial charge < -0.3 is 15.2 Å². The first-order valence-corrected chi connectivity index (χ1v) is 6.59. The summed E-state index contributed by atoms with van der Waals surface area (Å²) >= 11 is 5.97. The van der Waals surface area contributed by atoms with Crippen LogP contribution in [0.15, 0.2) is 36.4 Å². The number of benzene rings is 2. The minimum Gasteiger partial charge on any atom is -0.495 e. The molecular formula is C15H14ClF2NO2. The molecule has 0 aliphatic carbocycles. The monoisotopic (exact) mass is 313 g/mol. The molecule has 0 spiro atoms. The maximum Gasteiger partial charge on any atom is 0.137 e. The topological polar surface area (TPSA) is 41.5 Å². The fourth-order valence-corrected chi connectivity index (χ4v) is 2.13. The van der Waals surface area contributed by atoms with Crippen molar-refractivity contribution in [1.82, 2.24) is 0 Å². The highest BCUT2D eigenvalue weighted by Crippen LogP contribution is 2.27. The van der Waals surface area contributed by atoms with Gasteiger partial charge >= 0.3 is 0 Å². The number of aliphatic hydroxyl groups excluding tert-OH is 1. The number of halogens is 3. The van der Waals surface area contributed by atoms with E-state index >= 15 is 0 Å². The van der Waals surface area contributed by atoms with Gasteiger partial charge in [-0.15, -0.1) is 0 Å².